The molecule has 4 fully saturated rings. The number of hydrogen-bond donors (Lipinski definition) is 1. The topological polar surface area (TPSA) is 29.5 Å². The number of aliphatic hydroxyl groups excluding tert-OH is 1. The fourth-order valence-corrected chi connectivity index (χ4v) is 11.0. The van der Waals surface area contributed by atoms with E-state index in [-0.39, 0.29) is 23.0 Å². The van der Waals surface area contributed by atoms with Crippen molar-refractivity contribution in [1.29, 1.82) is 0 Å². The largest absolute Gasteiger partial charge is 0.393 e. The highest BCUT2D eigenvalue weighted by Gasteiger charge is 2.67. The molecule has 0 aromatic heterocycles. The van der Waals surface area contributed by atoms with Gasteiger partial charge in [-0.15, -0.1) is 5.73 Å². The smallest absolute Gasteiger partial charge is 0.0612 e. The quantitative estimate of drug-likeness (QED) is 0.303. The van der Waals surface area contributed by atoms with Gasteiger partial charge in [0.2, 0.25) is 0 Å². The molecule has 4 saturated carbocycles. The first-order valence-corrected chi connectivity index (χ1v) is 15.6. The van der Waals surface area contributed by atoms with Crippen LogP contribution >= 0.6 is 0 Å². The molecule has 0 spiro atoms. The van der Waals surface area contributed by atoms with Crippen LogP contribution in [0, 0.1) is 44.8 Å². The van der Waals surface area contributed by atoms with Gasteiger partial charge in [-0.25, -0.2) is 0 Å². The third-order valence-corrected chi connectivity index (χ3v) is 13.2. The monoisotopic (exact) mass is 508 g/mol. The lowest BCUT2D eigenvalue weighted by atomic mass is 9.35. The Morgan fingerprint density at radius 2 is 1.78 bits per heavy atom. The zero-order chi connectivity index (χ0) is 27.0. The van der Waals surface area contributed by atoms with Crippen LogP contribution < -0.4 is 0 Å². The van der Waals surface area contributed by atoms with Crippen LogP contribution in [-0.2, 0) is 4.74 Å². The molecule has 2 heteroatoms. The van der Waals surface area contributed by atoms with Crippen molar-refractivity contribution in [2.75, 3.05) is 0 Å². The Labute approximate surface area is 228 Å². The van der Waals surface area contributed by atoms with Gasteiger partial charge in [0, 0.05) is 5.41 Å². The van der Waals surface area contributed by atoms with Crippen LogP contribution in [0.4, 0.5) is 0 Å². The Hall–Kier alpha value is -0.820. The Balaban J connectivity index is 1.49. The number of rotatable bonds is 4. The van der Waals surface area contributed by atoms with Crippen molar-refractivity contribution in [2.45, 2.75) is 144 Å². The maximum Gasteiger partial charge on any atom is 0.0612 e. The molecule has 5 aliphatic rings. The molecule has 0 aliphatic heterocycles. The molecule has 10 atom stereocenters. The summed E-state index contributed by atoms with van der Waals surface area (Å²) >= 11 is 0. The van der Waals surface area contributed by atoms with Crippen LogP contribution in [0.25, 0.3) is 0 Å². The molecule has 0 aromatic carbocycles. The first kappa shape index (κ1) is 27.7. The zero-order valence-corrected chi connectivity index (χ0v) is 25.4. The van der Waals surface area contributed by atoms with E-state index >= 15 is 0 Å². The molecule has 0 amide bonds. The lowest BCUT2D eigenvalue weighted by Gasteiger charge is -2.70. The number of ether oxygens (including phenoxy) is 1. The van der Waals surface area contributed by atoms with E-state index < -0.39 is 0 Å². The summed E-state index contributed by atoms with van der Waals surface area (Å²) in [6.45, 7) is 23.7. The van der Waals surface area contributed by atoms with Gasteiger partial charge in [-0.1, -0.05) is 66.2 Å². The van der Waals surface area contributed by atoms with Crippen LogP contribution in [0.5, 0.6) is 0 Å². The molecule has 0 radical (unpaired) electrons. The Bertz CT molecular complexity index is 983. The van der Waals surface area contributed by atoms with E-state index in [0.717, 1.165) is 18.8 Å². The highest BCUT2D eigenvalue weighted by Crippen LogP contribution is 2.75. The number of hydrogen-bond acceptors (Lipinski definition) is 2. The van der Waals surface area contributed by atoms with Crippen molar-refractivity contribution in [2.24, 2.45) is 44.8 Å². The second kappa shape index (κ2) is 9.11. The van der Waals surface area contributed by atoms with Gasteiger partial charge in [-0.05, 0) is 123 Å². The van der Waals surface area contributed by atoms with E-state index in [2.05, 4.69) is 66.9 Å². The van der Waals surface area contributed by atoms with Gasteiger partial charge in [-0.3, -0.25) is 0 Å². The van der Waals surface area contributed by atoms with E-state index in [1.165, 1.54) is 63.4 Å². The van der Waals surface area contributed by atoms with Crippen LogP contribution in [0.3, 0.4) is 0 Å². The van der Waals surface area contributed by atoms with Crippen molar-refractivity contribution in [3.8, 4) is 0 Å². The van der Waals surface area contributed by atoms with Gasteiger partial charge >= 0.3 is 0 Å². The van der Waals surface area contributed by atoms with Crippen molar-refractivity contribution in [3.63, 3.8) is 0 Å². The van der Waals surface area contributed by atoms with Crippen LogP contribution in [-0.4, -0.2) is 23.4 Å². The number of fused-ring (bicyclic) bond motifs is 7. The first-order chi connectivity index (χ1) is 17.2. The Morgan fingerprint density at radius 3 is 2.46 bits per heavy atom. The van der Waals surface area contributed by atoms with E-state index in [9.17, 15) is 5.11 Å². The predicted octanol–water partition coefficient (Wildman–Crippen LogP) is 9.04. The SMILES string of the molecule is C=C=C1CC(C)(C)C[C@H]2C3=CC[C@@H]4[C@@]5(C)CCC[C@@H](O[C@H](C)C[C@@H](C)O)[C@@H]5CC[C@@]4(C)[C@]3(C)CC[C@@]12C. The molecule has 5 rings (SSSR count). The fraction of sp³-hybridized carbons (Fsp3) is 0.857. The van der Waals surface area contributed by atoms with Crippen molar-refractivity contribution in [3.05, 3.63) is 29.5 Å². The van der Waals surface area contributed by atoms with E-state index in [1.54, 1.807) is 5.57 Å². The standard InChI is InChI=1S/C35H56O2/c1-10-25-21-31(4,5)22-28-26-13-14-30-33(7)16-11-12-29(37-24(3)20-23(2)36)27(33)15-17-35(30,9)34(26,8)19-18-32(25,28)6/h13,23-24,27-30,36H,1,11-12,14-22H2,2-9H3/t23-,24-,27+,28+,29-,30-,32+,33+,34-,35-/m1/s1. The summed E-state index contributed by atoms with van der Waals surface area (Å²) in [5.41, 5.74) is 8.27. The molecular weight excluding hydrogens is 452 g/mol. The average Bonchev–Trinajstić information content (AvgIpc) is 2.79. The van der Waals surface area contributed by atoms with Crippen molar-refractivity contribution in [1.82, 2.24) is 0 Å². The molecule has 5 aliphatic carbocycles. The lowest BCUT2D eigenvalue weighted by Crippen LogP contribution is -2.63. The fourth-order valence-electron chi connectivity index (χ4n) is 11.0. The normalized spacial score (nSPS) is 48.4. The van der Waals surface area contributed by atoms with Crippen LogP contribution in [0.1, 0.15) is 126 Å². The number of aliphatic hydroxyl groups is 1. The Kier molecular flexibility index (Phi) is 6.83. The maximum absolute atomic E-state index is 9.93. The van der Waals surface area contributed by atoms with Gasteiger partial charge < -0.3 is 9.84 Å². The van der Waals surface area contributed by atoms with E-state index in [0.29, 0.717) is 34.2 Å². The van der Waals surface area contributed by atoms with Gasteiger partial charge in [0.05, 0.1) is 18.3 Å². The molecule has 0 unspecified atom stereocenters. The van der Waals surface area contributed by atoms with Gasteiger partial charge in [0.25, 0.3) is 0 Å². The summed E-state index contributed by atoms with van der Waals surface area (Å²) in [5, 5.41) is 9.93. The average molecular weight is 509 g/mol. The van der Waals surface area contributed by atoms with Crippen molar-refractivity contribution < 1.29 is 9.84 Å². The minimum absolute atomic E-state index is 0.133. The van der Waals surface area contributed by atoms with Gasteiger partial charge in [-0.2, -0.15) is 0 Å². The van der Waals surface area contributed by atoms with E-state index in [4.69, 9.17) is 4.74 Å². The molecular formula is C35H56O2. The number of allylic oxidation sites excluding steroid dienone is 3. The molecule has 208 valence electrons. The van der Waals surface area contributed by atoms with Gasteiger partial charge in [0.1, 0.15) is 0 Å². The Morgan fingerprint density at radius 1 is 1.05 bits per heavy atom. The highest BCUT2D eigenvalue weighted by molar-refractivity contribution is 5.37. The molecule has 0 bridgehead atoms. The third kappa shape index (κ3) is 4.10. The van der Waals surface area contributed by atoms with Crippen molar-refractivity contribution >= 4 is 0 Å². The lowest BCUT2D eigenvalue weighted by molar-refractivity contribution is -0.192. The first-order valence-electron chi connectivity index (χ1n) is 15.6. The summed E-state index contributed by atoms with van der Waals surface area (Å²) in [4.78, 5) is 0. The maximum atomic E-state index is 9.93. The molecule has 1 N–H and O–H groups in total. The summed E-state index contributed by atoms with van der Waals surface area (Å²) in [7, 11) is 0. The van der Waals surface area contributed by atoms with Crippen LogP contribution in [0.2, 0.25) is 0 Å². The molecule has 0 aromatic rings. The summed E-state index contributed by atoms with van der Waals surface area (Å²) in [6.07, 6.45) is 16.4. The molecule has 0 heterocycles. The summed E-state index contributed by atoms with van der Waals surface area (Å²) in [5.74, 6) is 2.00. The predicted molar refractivity (Wildman–Crippen MR) is 154 cm³/mol. The second-order valence-corrected chi connectivity index (χ2v) is 16.0. The molecule has 2 nitrogen and oxygen atoms in total. The highest BCUT2D eigenvalue weighted by atomic mass is 16.5. The van der Waals surface area contributed by atoms with Gasteiger partial charge in [0.15, 0.2) is 0 Å². The minimum atomic E-state index is -0.292. The minimum Gasteiger partial charge on any atom is -0.393 e. The summed E-state index contributed by atoms with van der Waals surface area (Å²) in [6, 6.07) is 0. The zero-order valence-electron chi connectivity index (χ0n) is 25.4. The molecule has 37 heavy (non-hydrogen) atoms. The third-order valence-electron chi connectivity index (χ3n) is 13.2. The molecule has 0 saturated heterocycles. The second-order valence-electron chi connectivity index (χ2n) is 16.0. The van der Waals surface area contributed by atoms with Crippen LogP contribution in [0.15, 0.2) is 29.5 Å². The van der Waals surface area contributed by atoms with E-state index in [1.807, 2.05) is 6.92 Å². The summed E-state index contributed by atoms with van der Waals surface area (Å²) < 4.78 is 6.72.